The van der Waals surface area contributed by atoms with Gasteiger partial charge in [-0.05, 0) is 79.9 Å². The van der Waals surface area contributed by atoms with Crippen LogP contribution < -0.4 is 0 Å². The van der Waals surface area contributed by atoms with E-state index < -0.39 is 5.95 Å². The summed E-state index contributed by atoms with van der Waals surface area (Å²) in [6.45, 7) is 6.29. The number of allylic oxidation sites excluding steroid dienone is 1. The fourth-order valence-corrected chi connectivity index (χ4v) is 4.24. The Kier molecular flexibility index (Phi) is 5.05. The van der Waals surface area contributed by atoms with Gasteiger partial charge in [0.2, 0.25) is 5.95 Å². The molecule has 1 unspecified atom stereocenters. The van der Waals surface area contributed by atoms with Crippen LogP contribution in [0.25, 0.3) is 27.8 Å². The molecule has 5 nitrogen and oxygen atoms in total. The number of nitrogens with zero attached hydrogens (tertiary/aromatic N) is 4. The number of aryl methyl sites for hydroxylation is 1. The Balaban J connectivity index is 1.52. The highest BCUT2D eigenvalue weighted by Gasteiger charge is 2.27. The molecule has 1 aliphatic heterocycles. The molecule has 0 radical (unpaired) electrons. The highest BCUT2D eigenvalue weighted by Crippen LogP contribution is 2.36. The molecule has 5 rings (SSSR count). The first-order valence-corrected chi connectivity index (χ1v) is 10.6. The predicted octanol–water partition coefficient (Wildman–Crippen LogP) is 6.17. The molecule has 6 heteroatoms. The zero-order valence-electron chi connectivity index (χ0n) is 18.2. The number of aromatic nitrogens is 2. The van der Waals surface area contributed by atoms with Gasteiger partial charge in [0.05, 0.1) is 12.3 Å². The van der Waals surface area contributed by atoms with E-state index in [4.69, 9.17) is 4.42 Å². The fourth-order valence-electron chi connectivity index (χ4n) is 4.24. The van der Waals surface area contributed by atoms with Crippen LogP contribution in [-0.4, -0.2) is 27.2 Å². The average molecular weight is 426 g/mol. The number of fused-ring (bicyclic) bond motifs is 1. The van der Waals surface area contributed by atoms with Gasteiger partial charge in [-0.3, -0.25) is 9.98 Å². The molecule has 0 saturated heterocycles. The van der Waals surface area contributed by atoms with E-state index in [2.05, 4.69) is 58.8 Å². The van der Waals surface area contributed by atoms with E-state index in [1.54, 1.807) is 18.5 Å². The van der Waals surface area contributed by atoms with Gasteiger partial charge in [0, 0.05) is 47.0 Å². The van der Waals surface area contributed by atoms with Crippen LogP contribution in [0.3, 0.4) is 0 Å². The Morgan fingerprint density at radius 3 is 2.69 bits per heavy atom. The summed E-state index contributed by atoms with van der Waals surface area (Å²) in [7, 11) is 0. The molecule has 160 valence electrons. The number of halogens is 1. The van der Waals surface area contributed by atoms with Crippen LogP contribution in [0.2, 0.25) is 0 Å². The van der Waals surface area contributed by atoms with Crippen LogP contribution in [0, 0.1) is 12.9 Å². The molecule has 4 heterocycles. The van der Waals surface area contributed by atoms with Crippen LogP contribution in [0.4, 0.5) is 4.39 Å². The van der Waals surface area contributed by atoms with Crippen molar-refractivity contribution in [3.8, 4) is 11.1 Å². The third kappa shape index (κ3) is 3.58. The van der Waals surface area contributed by atoms with Crippen molar-refractivity contribution >= 4 is 22.9 Å². The molecule has 32 heavy (non-hydrogen) atoms. The van der Waals surface area contributed by atoms with E-state index in [0.717, 1.165) is 44.5 Å². The van der Waals surface area contributed by atoms with E-state index in [1.165, 1.54) is 12.3 Å². The predicted molar refractivity (Wildman–Crippen MR) is 125 cm³/mol. The maximum atomic E-state index is 13.2. The van der Waals surface area contributed by atoms with Gasteiger partial charge >= 0.3 is 0 Å². The molecule has 1 aromatic carbocycles. The summed E-state index contributed by atoms with van der Waals surface area (Å²) in [6, 6.07) is 11.4. The number of aliphatic imine (C=N–C) groups is 1. The number of pyridine rings is 2. The van der Waals surface area contributed by atoms with E-state index in [-0.39, 0.29) is 12.2 Å². The van der Waals surface area contributed by atoms with Gasteiger partial charge in [0.1, 0.15) is 11.7 Å². The number of hydrogen-bond acceptors (Lipinski definition) is 5. The highest BCUT2D eigenvalue weighted by atomic mass is 19.1. The summed E-state index contributed by atoms with van der Waals surface area (Å²) in [4.78, 5) is 15.1. The van der Waals surface area contributed by atoms with Crippen LogP contribution >= 0.6 is 0 Å². The Morgan fingerprint density at radius 2 is 1.88 bits per heavy atom. The minimum Gasteiger partial charge on any atom is -0.464 e. The Labute approximate surface area is 186 Å². The van der Waals surface area contributed by atoms with Crippen LogP contribution in [0.5, 0.6) is 0 Å². The van der Waals surface area contributed by atoms with Crippen molar-refractivity contribution in [2.45, 2.75) is 33.0 Å². The molecule has 0 spiro atoms. The second-order valence-electron chi connectivity index (χ2n) is 8.07. The van der Waals surface area contributed by atoms with Gasteiger partial charge < -0.3 is 9.32 Å². The monoisotopic (exact) mass is 426 g/mol. The maximum Gasteiger partial charge on any atom is 0.212 e. The Morgan fingerprint density at radius 1 is 1.03 bits per heavy atom. The van der Waals surface area contributed by atoms with E-state index >= 15 is 0 Å². The Hall–Kier alpha value is -3.80. The van der Waals surface area contributed by atoms with Gasteiger partial charge in [0.15, 0.2) is 0 Å². The second kappa shape index (κ2) is 8.04. The first-order valence-electron chi connectivity index (χ1n) is 10.6. The fraction of sp³-hybridized carbons (Fsp3) is 0.192. The zero-order chi connectivity index (χ0) is 22.2. The zero-order valence-corrected chi connectivity index (χ0v) is 18.2. The van der Waals surface area contributed by atoms with E-state index in [1.807, 2.05) is 24.6 Å². The quantitative estimate of drug-likeness (QED) is 0.366. The van der Waals surface area contributed by atoms with Gasteiger partial charge in [-0.15, -0.1) is 0 Å². The lowest BCUT2D eigenvalue weighted by Crippen LogP contribution is -2.35. The minimum absolute atomic E-state index is 0.00991. The van der Waals surface area contributed by atoms with Crippen LogP contribution in [0.1, 0.15) is 36.6 Å². The maximum absolute atomic E-state index is 13.2. The van der Waals surface area contributed by atoms with Gasteiger partial charge in [-0.1, -0.05) is 0 Å². The van der Waals surface area contributed by atoms with Crippen LogP contribution in [0.15, 0.2) is 76.7 Å². The largest absolute Gasteiger partial charge is 0.464 e. The average Bonchev–Trinajstić information content (AvgIpc) is 3.19. The van der Waals surface area contributed by atoms with E-state index in [0.29, 0.717) is 0 Å². The summed E-state index contributed by atoms with van der Waals surface area (Å²) in [5.74, 6) is -0.495. The van der Waals surface area contributed by atoms with Crippen molar-refractivity contribution in [2.75, 3.05) is 0 Å². The molecule has 0 fully saturated rings. The molecule has 0 aliphatic carbocycles. The second-order valence-corrected chi connectivity index (χ2v) is 8.07. The van der Waals surface area contributed by atoms with Crippen molar-refractivity contribution in [1.29, 1.82) is 0 Å². The van der Waals surface area contributed by atoms with Gasteiger partial charge in [0.25, 0.3) is 0 Å². The smallest absolute Gasteiger partial charge is 0.212 e. The van der Waals surface area contributed by atoms with Crippen molar-refractivity contribution < 1.29 is 8.81 Å². The van der Waals surface area contributed by atoms with Crippen molar-refractivity contribution in [3.63, 3.8) is 0 Å². The Bertz CT molecular complexity index is 1340. The molecule has 3 aromatic heterocycles. The molecule has 4 aromatic rings. The number of hydrogen-bond donors (Lipinski definition) is 0. The summed E-state index contributed by atoms with van der Waals surface area (Å²) in [5.41, 5.74) is 6.97. The molecular formula is C26H23FN4O. The van der Waals surface area contributed by atoms with Crippen molar-refractivity contribution in [1.82, 2.24) is 14.9 Å². The highest BCUT2D eigenvalue weighted by molar-refractivity contribution is 5.90. The number of rotatable bonds is 4. The molecule has 0 amide bonds. The standard InChI is InChI=1S/C26H23FN4O/c1-16-15-32-25-6-4-19(11-23(16)25)24-8-9-29-18(3)31(24)17(2)21-10-22(13-28-12-21)20-5-7-26(27)30-14-20/h4-15,17-18H,1-3H3/t17-,18?/m0/s1. The molecule has 2 atom stereocenters. The van der Waals surface area contributed by atoms with Gasteiger partial charge in [-0.2, -0.15) is 4.39 Å². The minimum atomic E-state index is -0.495. The normalized spacial score (nSPS) is 16.9. The SMILES string of the molecule is Cc1coc2ccc(C3=CC=NC(C)N3[C@@H](C)c3cncc(-c4ccc(F)nc4)c3)cc12. The lowest BCUT2D eigenvalue weighted by atomic mass is 9.99. The third-order valence-corrected chi connectivity index (χ3v) is 6.00. The van der Waals surface area contributed by atoms with Crippen molar-refractivity contribution in [3.05, 3.63) is 90.0 Å². The van der Waals surface area contributed by atoms with Crippen molar-refractivity contribution in [2.24, 2.45) is 4.99 Å². The number of benzene rings is 1. The third-order valence-electron chi connectivity index (χ3n) is 6.00. The molecule has 0 saturated carbocycles. The molecule has 0 N–H and O–H groups in total. The van der Waals surface area contributed by atoms with Gasteiger partial charge in [-0.25, -0.2) is 4.98 Å². The first-order chi connectivity index (χ1) is 15.5. The lowest BCUT2D eigenvalue weighted by molar-refractivity contribution is 0.252. The van der Waals surface area contributed by atoms with E-state index in [9.17, 15) is 4.39 Å². The molecule has 1 aliphatic rings. The summed E-state index contributed by atoms with van der Waals surface area (Å²) in [5, 5.41) is 1.11. The van der Waals surface area contributed by atoms with Crippen LogP contribution in [-0.2, 0) is 0 Å². The number of furan rings is 1. The lowest BCUT2D eigenvalue weighted by Gasteiger charge is -2.38. The summed E-state index contributed by atoms with van der Waals surface area (Å²) < 4.78 is 18.9. The first kappa shape index (κ1) is 20.1. The summed E-state index contributed by atoms with van der Waals surface area (Å²) in [6.07, 6.45) is 10.8. The molecule has 0 bridgehead atoms. The summed E-state index contributed by atoms with van der Waals surface area (Å²) >= 11 is 0. The molecular weight excluding hydrogens is 403 g/mol. The topological polar surface area (TPSA) is 54.5 Å².